The zero-order valence-corrected chi connectivity index (χ0v) is 13.9. The summed E-state index contributed by atoms with van der Waals surface area (Å²) in [4.78, 5) is 25.2. The molecule has 0 radical (unpaired) electrons. The van der Waals surface area contributed by atoms with Crippen LogP contribution in [0.25, 0.3) is 5.69 Å². The van der Waals surface area contributed by atoms with E-state index < -0.39 is 0 Å². The van der Waals surface area contributed by atoms with Crippen molar-refractivity contribution in [2.75, 3.05) is 13.6 Å². The predicted octanol–water partition coefficient (Wildman–Crippen LogP) is 1.83. The van der Waals surface area contributed by atoms with Crippen LogP contribution in [0, 0.1) is 11.7 Å². The summed E-state index contributed by atoms with van der Waals surface area (Å²) >= 11 is 0. The minimum absolute atomic E-state index is 0.0254. The smallest absolute Gasteiger partial charge is 0.243 e. The third-order valence-corrected chi connectivity index (χ3v) is 4.45. The molecule has 25 heavy (non-hydrogen) atoms. The Kier molecular flexibility index (Phi) is 4.65. The Labute approximate surface area is 144 Å². The van der Waals surface area contributed by atoms with Crippen molar-refractivity contribution in [1.82, 2.24) is 20.0 Å². The van der Waals surface area contributed by atoms with Crippen LogP contribution in [0.2, 0.25) is 0 Å². The molecule has 2 atom stereocenters. The maximum absolute atomic E-state index is 13.1. The highest BCUT2D eigenvalue weighted by atomic mass is 19.1. The van der Waals surface area contributed by atoms with E-state index in [0.29, 0.717) is 13.0 Å². The predicted molar refractivity (Wildman–Crippen MR) is 90.3 cm³/mol. The Bertz CT molecular complexity index is 800. The molecule has 1 fully saturated rings. The molecule has 0 unspecified atom stereocenters. The average Bonchev–Trinajstić information content (AvgIpc) is 3.19. The number of halogens is 1. The van der Waals surface area contributed by atoms with E-state index in [1.54, 1.807) is 35.0 Å². The van der Waals surface area contributed by atoms with Gasteiger partial charge in [0.1, 0.15) is 5.82 Å². The fourth-order valence-electron chi connectivity index (χ4n) is 3.16. The molecular weight excluding hydrogens is 323 g/mol. The zero-order valence-electron chi connectivity index (χ0n) is 13.9. The van der Waals surface area contributed by atoms with E-state index in [-0.39, 0.29) is 29.6 Å². The van der Waals surface area contributed by atoms with Gasteiger partial charge in [-0.05, 0) is 30.3 Å². The third-order valence-electron chi connectivity index (χ3n) is 4.45. The lowest BCUT2D eigenvalue weighted by Crippen LogP contribution is -2.31. The lowest BCUT2D eigenvalue weighted by atomic mass is 9.95. The summed E-state index contributed by atoms with van der Waals surface area (Å²) in [5, 5.41) is 7.07. The number of carbonyl (C=O) groups is 2. The van der Waals surface area contributed by atoms with Gasteiger partial charge in [-0.3, -0.25) is 9.59 Å². The van der Waals surface area contributed by atoms with Gasteiger partial charge in [-0.25, -0.2) is 9.07 Å². The monoisotopic (exact) mass is 342 g/mol. The van der Waals surface area contributed by atoms with Crippen LogP contribution in [0.4, 0.5) is 4.39 Å². The Hall–Kier alpha value is -2.96. The quantitative estimate of drug-likeness (QED) is 0.843. The van der Waals surface area contributed by atoms with Gasteiger partial charge in [0.2, 0.25) is 11.8 Å². The van der Waals surface area contributed by atoms with E-state index in [9.17, 15) is 14.0 Å². The molecule has 130 valence electrons. The second-order valence-electron chi connectivity index (χ2n) is 6.06. The maximum atomic E-state index is 13.1. The Balaban J connectivity index is 1.82. The van der Waals surface area contributed by atoms with Crippen LogP contribution in [0.1, 0.15) is 18.0 Å². The van der Waals surface area contributed by atoms with Crippen molar-refractivity contribution in [3.63, 3.8) is 0 Å². The van der Waals surface area contributed by atoms with Gasteiger partial charge < -0.3 is 10.2 Å². The Morgan fingerprint density at radius 2 is 2.16 bits per heavy atom. The van der Waals surface area contributed by atoms with Gasteiger partial charge in [0, 0.05) is 37.7 Å². The third kappa shape index (κ3) is 3.45. The zero-order chi connectivity index (χ0) is 18.0. The standard InChI is InChI=1S/C18H19FN4O2/c1-3-16(24)20-9-12-8-17(25)22(2)18(12)13-10-21-23(11-13)15-6-4-14(19)5-7-15/h3-7,10-12,18H,1,8-9H2,2H3,(H,20,24)/t12-,18+/m1/s1. The van der Waals surface area contributed by atoms with Crippen molar-refractivity contribution >= 4 is 11.8 Å². The first kappa shape index (κ1) is 16.9. The Morgan fingerprint density at radius 3 is 2.84 bits per heavy atom. The minimum Gasteiger partial charge on any atom is -0.352 e. The summed E-state index contributed by atoms with van der Waals surface area (Å²) in [6.45, 7) is 3.81. The number of benzene rings is 1. The van der Waals surface area contributed by atoms with Crippen LogP contribution < -0.4 is 5.32 Å². The molecule has 1 N–H and O–H groups in total. The summed E-state index contributed by atoms with van der Waals surface area (Å²) in [6.07, 6.45) is 5.10. The van der Waals surface area contributed by atoms with E-state index in [0.717, 1.165) is 11.3 Å². The fourth-order valence-corrected chi connectivity index (χ4v) is 3.16. The number of hydrogen-bond donors (Lipinski definition) is 1. The largest absolute Gasteiger partial charge is 0.352 e. The van der Waals surface area contributed by atoms with E-state index in [1.165, 1.54) is 18.2 Å². The summed E-state index contributed by atoms with van der Waals surface area (Å²) in [5.74, 6) is -0.595. The number of nitrogens with zero attached hydrogens (tertiary/aromatic N) is 3. The number of hydrogen-bond acceptors (Lipinski definition) is 3. The summed E-state index contributed by atoms with van der Waals surface area (Å²) < 4.78 is 14.7. The number of aromatic nitrogens is 2. The molecule has 0 aliphatic carbocycles. The highest BCUT2D eigenvalue weighted by molar-refractivity contribution is 5.87. The van der Waals surface area contributed by atoms with E-state index in [1.807, 2.05) is 6.20 Å². The second kappa shape index (κ2) is 6.88. The average molecular weight is 342 g/mol. The molecule has 1 aromatic heterocycles. The van der Waals surface area contributed by atoms with Crippen LogP contribution >= 0.6 is 0 Å². The number of rotatable bonds is 5. The molecule has 6 nitrogen and oxygen atoms in total. The van der Waals surface area contributed by atoms with E-state index in [2.05, 4.69) is 17.0 Å². The molecule has 0 spiro atoms. The number of carbonyl (C=O) groups excluding carboxylic acids is 2. The molecule has 0 bridgehead atoms. The van der Waals surface area contributed by atoms with Crippen LogP contribution in [0.3, 0.4) is 0 Å². The van der Waals surface area contributed by atoms with Gasteiger partial charge in [-0.2, -0.15) is 5.10 Å². The van der Waals surface area contributed by atoms with Gasteiger partial charge >= 0.3 is 0 Å². The molecule has 1 aliphatic rings. The molecule has 7 heteroatoms. The number of nitrogens with one attached hydrogen (secondary N) is 1. The van der Waals surface area contributed by atoms with Crippen molar-refractivity contribution in [1.29, 1.82) is 0 Å². The van der Waals surface area contributed by atoms with E-state index >= 15 is 0 Å². The first-order valence-electron chi connectivity index (χ1n) is 7.96. The normalized spacial score (nSPS) is 19.9. The first-order chi connectivity index (χ1) is 12.0. The van der Waals surface area contributed by atoms with Crippen LogP contribution in [0.5, 0.6) is 0 Å². The molecule has 1 aliphatic heterocycles. The van der Waals surface area contributed by atoms with Crippen molar-refractivity contribution < 1.29 is 14.0 Å². The highest BCUT2D eigenvalue weighted by Crippen LogP contribution is 2.36. The molecule has 0 saturated carbocycles. The number of amides is 2. The van der Waals surface area contributed by atoms with Gasteiger partial charge in [-0.1, -0.05) is 6.58 Å². The number of likely N-dealkylation sites (tertiary alicyclic amines) is 1. The highest BCUT2D eigenvalue weighted by Gasteiger charge is 2.39. The maximum Gasteiger partial charge on any atom is 0.243 e. The molecule has 2 amide bonds. The van der Waals surface area contributed by atoms with Gasteiger partial charge in [0.25, 0.3) is 0 Å². The molecule has 2 heterocycles. The summed E-state index contributed by atoms with van der Waals surface area (Å²) in [6, 6.07) is 5.84. The Morgan fingerprint density at radius 1 is 1.44 bits per heavy atom. The molecular formula is C18H19FN4O2. The second-order valence-corrected chi connectivity index (χ2v) is 6.06. The molecule has 1 aromatic carbocycles. The lowest BCUT2D eigenvalue weighted by molar-refractivity contribution is -0.127. The fraction of sp³-hybridized carbons (Fsp3) is 0.278. The molecule has 3 rings (SSSR count). The van der Waals surface area contributed by atoms with Crippen molar-refractivity contribution in [3.8, 4) is 5.69 Å². The van der Waals surface area contributed by atoms with Crippen LogP contribution in [-0.2, 0) is 9.59 Å². The van der Waals surface area contributed by atoms with Crippen molar-refractivity contribution in [3.05, 3.63) is 60.7 Å². The van der Waals surface area contributed by atoms with Crippen molar-refractivity contribution in [2.45, 2.75) is 12.5 Å². The topological polar surface area (TPSA) is 67.2 Å². The van der Waals surface area contributed by atoms with Crippen LogP contribution in [0.15, 0.2) is 49.3 Å². The lowest BCUT2D eigenvalue weighted by Gasteiger charge is -2.24. The van der Waals surface area contributed by atoms with Crippen molar-refractivity contribution in [2.24, 2.45) is 5.92 Å². The minimum atomic E-state index is -0.310. The molecule has 2 aromatic rings. The van der Waals surface area contributed by atoms with Gasteiger partial charge in [-0.15, -0.1) is 0 Å². The molecule has 1 saturated heterocycles. The van der Waals surface area contributed by atoms with Crippen LogP contribution in [-0.4, -0.2) is 40.1 Å². The summed E-state index contributed by atoms with van der Waals surface area (Å²) in [7, 11) is 1.75. The van der Waals surface area contributed by atoms with Gasteiger partial charge in [0.05, 0.1) is 17.9 Å². The SMILES string of the molecule is C=CC(=O)NC[C@H]1CC(=O)N(C)[C@@H]1c1cnn(-c2ccc(F)cc2)c1. The van der Waals surface area contributed by atoms with E-state index in [4.69, 9.17) is 0 Å². The first-order valence-corrected chi connectivity index (χ1v) is 7.96. The van der Waals surface area contributed by atoms with Gasteiger partial charge in [0.15, 0.2) is 0 Å². The summed E-state index contributed by atoms with van der Waals surface area (Å²) in [5.41, 5.74) is 1.60.